The molecule has 3 rings (SSSR count). The molecule has 1 heterocycles. The van der Waals surface area contributed by atoms with E-state index in [1.54, 1.807) is 18.2 Å². The van der Waals surface area contributed by atoms with Crippen LogP contribution in [0.4, 0.5) is 0 Å². The molecule has 27 heavy (non-hydrogen) atoms. The lowest BCUT2D eigenvalue weighted by molar-refractivity contribution is -0.121. The van der Waals surface area contributed by atoms with Gasteiger partial charge in [0.2, 0.25) is 5.91 Å². The highest BCUT2D eigenvalue weighted by Crippen LogP contribution is 2.17. The molecule has 0 spiro atoms. The van der Waals surface area contributed by atoms with E-state index < -0.39 is 0 Å². The molecule has 7 heteroatoms. The van der Waals surface area contributed by atoms with Crippen LogP contribution in [0.5, 0.6) is 5.75 Å². The zero-order valence-corrected chi connectivity index (χ0v) is 15.9. The Labute approximate surface area is 164 Å². The minimum atomic E-state index is -0.309. The predicted molar refractivity (Wildman–Crippen MR) is 106 cm³/mol. The van der Waals surface area contributed by atoms with Crippen molar-refractivity contribution in [3.63, 3.8) is 0 Å². The van der Waals surface area contributed by atoms with Gasteiger partial charge < -0.3 is 10.1 Å². The van der Waals surface area contributed by atoms with Crippen LogP contribution >= 0.6 is 15.9 Å². The Hall–Kier alpha value is -3.11. The Morgan fingerprint density at radius 2 is 2.04 bits per heavy atom. The van der Waals surface area contributed by atoms with Crippen molar-refractivity contribution in [3.8, 4) is 17.6 Å². The van der Waals surface area contributed by atoms with E-state index in [1.165, 1.54) is 10.9 Å². The van der Waals surface area contributed by atoms with Gasteiger partial charge in [0.1, 0.15) is 18.9 Å². The van der Waals surface area contributed by atoms with Crippen LogP contribution in [0.3, 0.4) is 0 Å². The third kappa shape index (κ3) is 5.19. The molecule has 136 valence electrons. The minimum Gasteiger partial charge on any atom is -0.481 e. The second kappa shape index (κ2) is 9.01. The Morgan fingerprint density at radius 1 is 1.19 bits per heavy atom. The first-order valence-corrected chi connectivity index (χ1v) is 8.98. The topological polar surface area (TPSA) is 73.2 Å². The van der Waals surface area contributed by atoms with E-state index in [2.05, 4.69) is 38.1 Å². The van der Waals surface area contributed by atoms with E-state index in [-0.39, 0.29) is 31.2 Å². The largest absolute Gasteiger partial charge is 0.481 e. The fourth-order valence-electron chi connectivity index (χ4n) is 2.36. The summed E-state index contributed by atoms with van der Waals surface area (Å²) in [7, 11) is 0. The van der Waals surface area contributed by atoms with Gasteiger partial charge in [-0.25, -0.2) is 4.98 Å². The minimum absolute atomic E-state index is 0.104. The number of benzene rings is 2. The highest BCUT2D eigenvalue weighted by Gasteiger charge is 2.06. The molecule has 1 aromatic heterocycles. The summed E-state index contributed by atoms with van der Waals surface area (Å²) in [6.45, 7) is 0.295. The van der Waals surface area contributed by atoms with Crippen molar-refractivity contribution < 1.29 is 9.53 Å². The van der Waals surface area contributed by atoms with Gasteiger partial charge in [-0.15, -0.1) is 0 Å². The van der Waals surface area contributed by atoms with Crippen LogP contribution in [0.1, 0.15) is 0 Å². The second-order valence-corrected chi connectivity index (χ2v) is 6.49. The maximum atomic E-state index is 12.3. The Morgan fingerprint density at radius 3 is 2.89 bits per heavy atom. The third-order valence-corrected chi connectivity index (χ3v) is 4.14. The molecule has 0 saturated heterocycles. The highest BCUT2D eigenvalue weighted by molar-refractivity contribution is 9.10. The summed E-state index contributed by atoms with van der Waals surface area (Å²) in [6.07, 6.45) is 1.38. The zero-order chi connectivity index (χ0) is 19.1. The number of aromatic nitrogens is 2. The van der Waals surface area contributed by atoms with E-state index in [0.29, 0.717) is 16.7 Å². The molecular formula is C20H16BrN3O3. The van der Waals surface area contributed by atoms with Crippen molar-refractivity contribution in [3.05, 3.63) is 69.7 Å². The third-order valence-electron chi connectivity index (χ3n) is 3.65. The number of nitrogens with one attached hydrogen (secondary N) is 1. The van der Waals surface area contributed by atoms with Crippen LogP contribution in [-0.2, 0) is 11.3 Å². The first-order valence-electron chi connectivity index (χ1n) is 8.18. The average Bonchev–Trinajstić information content (AvgIpc) is 2.67. The summed E-state index contributed by atoms with van der Waals surface area (Å²) >= 11 is 3.37. The Kier molecular flexibility index (Phi) is 6.23. The maximum Gasteiger partial charge on any atom is 0.261 e. The van der Waals surface area contributed by atoms with Crippen LogP contribution in [-0.4, -0.2) is 28.6 Å². The number of nitrogens with zero attached hydrogens (tertiary/aromatic N) is 2. The lowest BCUT2D eigenvalue weighted by Crippen LogP contribution is -2.32. The molecule has 0 atom stereocenters. The molecule has 0 saturated carbocycles. The van der Waals surface area contributed by atoms with Crippen molar-refractivity contribution in [1.82, 2.24) is 14.9 Å². The van der Waals surface area contributed by atoms with Gasteiger partial charge in [-0.1, -0.05) is 46.0 Å². The first kappa shape index (κ1) is 18.7. The standard InChI is InChI=1S/C20H16BrN3O3/c21-15-6-5-7-16(12-15)27-11-4-3-10-22-19(25)13-24-14-23-18-9-2-1-8-17(18)20(24)26/h1-2,5-9,12,14H,10-11,13H2,(H,22,25). The Bertz CT molecular complexity index is 1080. The number of fused-ring (bicyclic) bond motifs is 1. The van der Waals surface area contributed by atoms with Gasteiger partial charge in [0, 0.05) is 4.47 Å². The maximum absolute atomic E-state index is 12.3. The summed E-state index contributed by atoms with van der Waals surface area (Å²) in [6, 6.07) is 14.5. The van der Waals surface area contributed by atoms with Crippen LogP contribution < -0.4 is 15.6 Å². The normalized spacial score (nSPS) is 10.1. The van der Waals surface area contributed by atoms with Gasteiger partial charge in [0.25, 0.3) is 5.56 Å². The molecule has 3 aromatic rings. The molecule has 0 fully saturated rings. The predicted octanol–water partition coefficient (Wildman–Crippen LogP) is 2.36. The Balaban J connectivity index is 1.48. The quantitative estimate of drug-likeness (QED) is 0.636. The molecule has 6 nitrogen and oxygen atoms in total. The molecule has 2 aromatic carbocycles. The number of hydrogen-bond acceptors (Lipinski definition) is 4. The van der Waals surface area contributed by atoms with Crippen molar-refractivity contribution in [2.24, 2.45) is 0 Å². The number of carbonyl (C=O) groups excluding carboxylic acids is 1. The lowest BCUT2D eigenvalue weighted by atomic mass is 10.2. The van der Waals surface area contributed by atoms with Gasteiger partial charge >= 0.3 is 0 Å². The summed E-state index contributed by atoms with van der Waals surface area (Å²) in [5.74, 6) is 6.04. The molecule has 0 radical (unpaired) electrons. The van der Waals surface area contributed by atoms with Crippen molar-refractivity contribution in [2.45, 2.75) is 6.54 Å². The molecule has 0 aliphatic heterocycles. The first-order chi connectivity index (χ1) is 13.1. The van der Waals surface area contributed by atoms with Crippen molar-refractivity contribution >= 4 is 32.7 Å². The molecule has 0 bridgehead atoms. The number of amides is 1. The number of para-hydroxylation sites is 1. The molecule has 1 amide bonds. The van der Waals surface area contributed by atoms with Crippen LogP contribution in [0.2, 0.25) is 0 Å². The van der Waals surface area contributed by atoms with E-state index in [0.717, 1.165) is 4.47 Å². The van der Waals surface area contributed by atoms with Crippen molar-refractivity contribution in [2.75, 3.05) is 13.2 Å². The number of halogens is 1. The number of hydrogen-bond donors (Lipinski definition) is 1. The molecular weight excluding hydrogens is 410 g/mol. The highest BCUT2D eigenvalue weighted by atomic mass is 79.9. The fraction of sp³-hybridized carbons (Fsp3) is 0.150. The lowest BCUT2D eigenvalue weighted by Gasteiger charge is -2.06. The SMILES string of the molecule is O=C(Cn1cnc2ccccc2c1=O)NCC#CCOc1cccc(Br)c1. The number of carbonyl (C=O) groups is 1. The summed E-state index contributed by atoms with van der Waals surface area (Å²) in [4.78, 5) is 28.5. The molecule has 0 aliphatic carbocycles. The van der Waals surface area contributed by atoms with Gasteiger partial charge in [0.05, 0.1) is 23.8 Å². The smallest absolute Gasteiger partial charge is 0.261 e. The summed E-state index contributed by atoms with van der Waals surface area (Å²) in [5.41, 5.74) is 0.361. The molecule has 1 N–H and O–H groups in total. The van der Waals surface area contributed by atoms with Gasteiger partial charge in [-0.3, -0.25) is 14.2 Å². The summed E-state index contributed by atoms with van der Waals surface area (Å²) < 4.78 is 7.68. The molecule has 0 unspecified atom stereocenters. The van der Waals surface area contributed by atoms with Gasteiger partial charge in [0.15, 0.2) is 0 Å². The van der Waals surface area contributed by atoms with Crippen molar-refractivity contribution in [1.29, 1.82) is 0 Å². The number of rotatable bonds is 5. The van der Waals surface area contributed by atoms with E-state index in [4.69, 9.17) is 4.74 Å². The van der Waals surface area contributed by atoms with E-state index >= 15 is 0 Å². The fourth-order valence-corrected chi connectivity index (χ4v) is 2.74. The van der Waals surface area contributed by atoms with E-state index in [9.17, 15) is 9.59 Å². The van der Waals surface area contributed by atoms with E-state index in [1.807, 2.05) is 30.3 Å². The average molecular weight is 426 g/mol. The molecule has 0 aliphatic rings. The van der Waals surface area contributed by atoms with Crippen LogP contribution in [0.25, 0.3) is 10.9 Å². The van der Waals surface area contributed by atoms with Gasteiger partial charge in [-0.05, 0) is 30.3 Å². The zero-order valence-electron chi connectivity index (χ0n) is 14.3. The number of ether oxygens (including phenoxy) is 1. The van der Waals surface area contributed by atoms with Crippen LogP contribution in [0.15, 0.2) is 64.1 Å². The second-order valence-electron chi connectivity index (χ2n) is 5.57. The van der Waals surface area contributed by atoms with Gasteiger partial charge in [-0.2, -0.15) is 0 Å². The van der Waals surface area contributed by atoms with Crippen LogP contribution in [0, 0.1) is 11.8 Å². The summed E-state index contributed by atoms with van der Waals surface area (Å²) in [5, 5.41) is 3.13. The monoisotopic (exact) mass is 425 g/mol.